The summed E-state index contributed by atoms with van der Waals surface area (Å²) in [7, 11) is 0. The maximum Gasteiger partial charge on any atom is 0.232 e. The number of fused-ring (bicyclic) bond motifs is 1. The summed E-state index contributed by atoms with van der Waals surface area (Å²) in [4.78, 5) is 29.2. The van der Waals surface area contributed by atoms with Crippen molar-refractivity contribution in [1.82, 2.24) is 9.88 Å². The van der Waals surface area contributed by atoms with Crippen molar-refractivity contribution in [3.05, 3.63) is 38.3 Å². The second kappa shape index (κ2) is 5.97. The highest BCUT2D eigenvalue weighted by atomic mass is 35.5. The Morgan fingerprint density at radius 2 is 2.12 bits per heavy atom. The number of amides is 1. The van der Waals surface area contributed by atoms with Gasteiger partial charge >= 0.3 is 0 Å². The third kappa shape index (κ3) is 2.86. The Labute approximate surface area is 147 Å². The summed E-state index contributed by atoms with van der Waals surface area (Å²) in [5, 5.41) is 12.5. The van der Waals surface area contributed by atoms with E-state index in [0.29, 0.717) is 30.5 Å². The lowest BCUT2D eigenvalue weighted by Gasteiger charge is -2.31. The Balaban J connectivity index is 1.40. The summed E-state index contributed by atoms with van der Waals surface area (Å²) in [6.07, 6.45) is 2.11. The molecular formula is C16H16ClN3O3S. The van der Waals surface area contributed by atoms with E-state index in [-0.39, 0.29) is 10.8 Å². The topological polar surface area (TPSA) is 76.3 Å². The van der Waals surface area contributed by atoms with Crippen LogP contribution in [0.5, 0.6) is 0 Å². The van der Waals surface area contributed by atoms with Crippen LogP contribution in [0.3, 0.4) is 0 Å². The maximum atomic E-state index is 12.3. The Morgan fingerprint density at radius 1 is 1.38 bits per heavy atom. The number of carbonyl (C=O) groups is 1. The van der Waals surface area contributed by atoms with Gasteiger partial charge in [-0.15, -0.1) is 11.3 Å². The van der Waals surface area contributed by atoms with Gasteiger partial charge in [-0.3, -0.25) is 14.9 Å². The van der Waals surface area contributed by atoms with Crippen LogP contribution < -0.4 is 0 Å². The molecule has 0 N–H and O–H groups in total. The summed E-state index contributed by atoms with van der Waals surface area (Å²) in [5.74, 6) is -0.108. The largest absolute Gasteiger partial charge is 0.342 e. The average Bonchev–Trinajstić information content (AvgIpc) is 3.27. The highest BCUT2D eigenvalue weighted by Crippen LogP contribution is 2.38. The minimum absolute atomic E-state index is 0.0498. The number of hydrogen-bond donors (Lipinski definition) is 0. The van der Waals surface area contributed by atoms with Crippen molar-refractivity contribution in [2.24, 2.45) is 5.92 Å². The number of hydrogen-bond acceptors (Lipinski definition) is 5. The van der Waals surface area contributed by atoms with Crippen LogP contribution >= 0.6 is 22.9 Å². The predicted octanol–water partition coefficient (Wildman–Crippen LogP) is 3.32. The van der Waals surface area contributed by atoms with Crippen molar-refractivity contribution in [2.45, 2.75) is 31.2 Å². The van der Waals surface area contributed by atoms with Gasteiger partial charge in [-0.25, -0.2) is 4.98 Å². The second-order valence-corrected chi connectivity index (χ2v) is 7.96. The third-order valence-corrected chi connectivity index (χ3v) is 6.30. The van der Waals surface area contributed by atoms with Gasteiger partial charge in [0.1, 0.15) is 5.92 Å². The molecular weight excluding hydrogens is 350 g/mol. The Bertz CT molecular complexity index is 816. The minimum Gasteiger partial charge on any atom is -0.342 e. The molecule has 2 fully saturated rings. The zero-order valence-electron chi connectivity index (χ0n) is 12.9. The molecule has 1 aromatic carbocycles. The van der Waals surface area contributed by atoms with Gasteiger partial charge in [0.15, 0.2) is 0 Å². The number of thiazole rings is 1. The molecule has 1 aliphatic carbocycles. The highest BCUT2D eigenvalue weighted by molar-refractivity contribution is 7.18. The van der Waals surface area contributed by atoms with Gasteiger partial charge in [0.05, 0.1) is 15.2 Å². The molecule has 1 aliphatic heterocycles. The summed E-state index contributed by atoms with van der Waals surface area (Å²) in [5.41, 5.74) is 0.924. The third-order valence-electron chi connectivity index (χ3n) is 4.87. The van der Waals surface area contributed by atoms with Crippen LogP contribution in [0.25, 0.3) is 10.2 Å². The van der Waals surface area contributed by atoms with Gasteiger partial charge in [-0.05, 0) is 31.0 Å². The molecule has 1 saturated heterocycles. The smallest absolute Gasteiger partial charge is 0.232 e. The van der Waals surface area contributed by atoms with Gasteiger partial charge in [0, 0.05) is 35.4 Å². The molecule has 2 atom stereocenters. The Hall–Kier alpha value is -1.73. The zero-order valence-corrected chi connectivity index (χ0v) is 14.4. The van der Waals surface area contributed by atoms with Crippen molar-refractivity contribution in [3.8, 4) is 0 Å². The first-order valence-corrected chi connectivity index (χ1v) is 9.20. The van der Waals surface area contributed by atoms with Crippen LogP contribution in [-0.2, 0) is 4.79 Å². The lowest BCUT2D eigenvalue weighted by Crippen LogP contribution is -2.39. The van der Waals surface area contributed by atoms with Crippen LogP contribution in [0.2, 0.25) is 5.02 Å². The van der Waals surface area contributed by atoms with E-state index in [1.54, 1.807) is 16.2 Å². The van der Waals surface area contributed by atoms with Crippen molar-refractivity contribution in [2.75, 3.05) is 13.1 Å². The molecule has 126 valence electrons. The predicted molar refractivity (Wildman–Crippen MR) is 92.1 cm³/mol. The van der Waals surface area contributed by atoms with E-state index in [1.807, 2.05) is 18.2 Å². The van der Waals surface area contributed by atoms with Crippen molar-refractivity contribution in [1.29, 1.82) is 0 Å². The average molecular weight is 366 g/mol. The highest BCUT2D eigenvalue weighted by Gasteiger charge is 2.54. The summed E-state index contributed by atoms with van der Waals surface area (Å²) in [6, 6.07) is 5.07. The fourth-order valence-corrected chi connectivity index (χ4v) is 4.64. The lowest BCUT2D eigenvalue weighted by atomic mass is 9.97. The van der Waals surface area contributed by atoms with Crippen LogP contribution in [0, 0.1) is 16.0 Å². The molecule has 0 radical (unpaired) electrons. The molecule has 2 aliphatic rings. The number of likely N-dealkylation sites (tertiary alicyclic amines) is 1. The van der Waals surface area contributed by atoms with Gasteiger partial charge in [-0.2, -0.15) is 0 Å². The molecule has 6 nitrogen and oxygen atoms in total. The lowest BCUT2D eigenvalue weighted by molar-refractivity contribution is -0.497. The quantitative estimate of drug-likeness (QED) is 0.617. The van der Waals surface area contributed by atoms with Crippen LogP contribution in [-0.4, -0.2) is 39.8 Å². The van der Waals surface area contributed by atoms with Crippen LogP contribution in [0.15, 0.2) is 18.2 Å². The molecule has 0 unspecified atom stereocenters. The standard InChI is InChI=1S/C16H16ClN3O3S/c17-10-1-2-14-12(7-10)18-15(24-14)9-3-5-19(6-4-9)16(21)11-8-13(11)20(22)23/h1-2,7,9,11,13H,3-6,8H2/t11-,13+/m0/s1. The van der Waals surface area contributed by atoms with Crippen molar-refractivity contribution < 1.29 is 9.72 Å². The van der Waals surface area contributed by atoms with Crippen LogP contribution in [0.1, 0.15) is 30.2 Å². The molecule has 24 heavy (non-hydrogen) atoms. The van der Waals surface area contributed by atoms with Crippen LogP contribution in [0.4, 0.5) is 0 Å². The normalized spacial score (nSPS) is 24.3. The molecule has 1 aromatic heterocycles. The van der Waals surface area contributed by atoms with E-state index < -0.39 is 12.0 Å². The van der Waals surface area contributed by atoms with Crippen molar-refractivity contribution in [3.63, 3.8) is 0 Å². The first kappa shape index (κ1) is 15.8. The van der Waals surface area contributed by atoms with Gasteiger partial charge < -0.3 is 4.90 Å². The van der Waals surface area contributed by atoms with Gasteiger partial charge in [0.25, 0.3) is 0 Å². The fraction of sp³-hybridized carbons (Fsp3) is 0.500. The Kier molecular flexibility index (Phi) is 3.92. The van der Waals surface area contributed by atoms with E-state index in [4.69, 9.17) is 16.6 Å². The summed E-state index contributed by atoms with van der Waals surface area (Å²) in [6.45, 7) is 1.31. The fourth-order valence-electron chi connectivity index (χ4n) is 3.35. The van der Waals surface area contributed by atoms with E-state index in [2.05, 4.69) is 0 Å². The maximum absolute atomic E-state index is 12.3. The van der Waals surface area contributed by atoms with Gasteiger partial charge in [0.2, 0.25) is 11.9 Å². The Morgan fingerprint density at radius 3 is 2.79 bits per heavy atom. The number of halogens is 1. The minimum atomic E-state index is -0.663. The number of nitro groups is 1. The number of carbonyl (C=O) groups excluding carboxylic acids is 1. The number of piperidine rings is 1. The molecule has 2 heterocycles. The van der Waals surface area contributed by atoms with E-state index in [1.165, 1.54) is 0 Å². The second-order valence-electron chi connectivity index (χ2n) is 6.46. The SMILES string of the molecule is O=C([C@H]1C[C@H]1[N+](=O)[O-])N1CCC(c2nc3cc(Cl)ccc3s2)CC1. The zero-order chi connectivity index (χ0) is 16.8. The first-order valence-electron chi connectivity index (χ1n) is 8.01. The van der Waals surface area contributed by atoms with E-state index in [9.17, 15) is 14.9 Å². The number of benzene rings is 1. The monoisotopic (exact) mass is 365 g/mol. The van der Waals surface area contributed by atoms with E-state index in [0.717, 1.165) is 28.1 Å². The van der Waals surface area contributed by atoms with Crippen molar-refractivity contribution >= 4 is 39.1 Å². The van der Waals surface area contributed by atoms with Gasteiger partial charge in [-0.1, -0.05) is 11.6 Å². The molecule has 0 bridgehead atoms. The summed E-state index contributed by atoms with van der Waals surface area (Å²) >= 11 is 7.69. The molecule has 8 heteroatoms. The molecule has 2 aromatic rings. The molecule has 1 saturated carbocycles. The first-order chi connectivity index (χ1) is 11.5. The molecule has 4 rings (SSSR count). The summed E-state index contributed by atoms with van der Waals surface area (Å²) < 4.78 is 1.12. The number of rotatable bonds is 3. The number of nitrogens with zero attached hydrogens (tertiary/aromatic N) is 3. The number of aromatic nitrogens is 1. The molecule has 0 spiro atoms. The van der Waals surface area contributed by atoms with E-state index >= 15 is 0 Å². The molecule has 1 amide bonds.